The van der Waals surface area contributed by atoms with Gasteiger partial charge in [0.1, 0.15) is 17.5 Å². The zero-order chi connectivity index (χ0) is 13.8. The summed E-state index contributed by atoms with van der Waals surface area (Å²) >= 11 is 0. The number of rotatable bonds is 2. The fourth-order valence-corrected chi connectivity index (χ4v) is 1.28. The van der Waals surface area contributed by atoms with Crippen LogP contribution in [-0.4, -0.2) is 16.8 Å². The van der Waals surface area contributed by atoms with Crippen molar-refractivity contribution in [1.29, 1.82) is 0 Å². The lowest BCUT2D eigenvalue weighted by atomic mass is 10.1. The maximum atomic E-state index is 9.60. The standard InChI is InChI=1S/C16H22O2/c1-12(2)15(17)11-8-13-6-9-14(10-7-13)18-16(3,4)5/h6-7,9-10,12,15,17H,1-5H3. The molecule has 0 aliphatic heterocycles. The average Bonchev–Trinajstić information content (AvgIpc) is 2.25. The summed E-state index contributed by atoms with van der Waals surface area (Å²) in [5.41, 5.74) is 0.692. The summed E-state index contributed by atoms with van der Waals surface area (Å²) in [4.78, 5) is 0. The van der Waals surface area contributed by atoms with Crippen LogP contribution in [0.5, 0.6) is 5.75 Å². The van der Waals surface area contributed by atoms with Crippen LogP contribution in [-0.2, 0) is 0 Å². The lowest BCUT2D eigenvalue weighted by molar-refractivity contribution is 0.131. The molecule has 0 aliphatic rings. The Labute approximate surface area is 110 Å². The van der Waals surface area contributed by atoms with E-state index in [9.17, 15) is 5.11 Å². The van der Waals surface area contributed by atoms with Crippen LogP contribution in [0.3, 0.4) is 0 Å². The molecule has 0 aromatic heterocycles. The second-order valence-corrected chi connectivity index (χ2v) is 5.70. The maximum absolute atomic E-state index is 9.60. The van der Waals surface area contributed by atoms with Crippen molar-refractivity contribution in [3.63, 3.8) is 0 Å². The topological polar surface area (TPSA) is 29.5 Å². The molecule has 0 spiro atoms. The molecule has 2 heteroatoms. The summed E-state index contributed by atoms with van der Waals surface area (Å²) in [5.74, 6) is 6.78. The lowest BCUT2D eigenvalue weighted by Crippen LogP contribution is -2.22. The first-order valence-electron chi connectivity index (χ1n) is 6.26. The predicted octanol–water partition coefficient (Wildman–Crippen LogP) is 3.23. The van der Waals surface area contributed by atoms with Gasteiger partial charge in [-0.15, -0.1) is 0 Å². The van der Waals surface area contributed by atoms with Crippen LogP contribution in [0.15, 0.2) is 24.3 Å². The van der Waals surface area contributed by atoms with Gasteiger partial charge < -0.3 is 9.84 Å². The first-order chi connectivity index (χ1) is 8.28. The molecule has 1 rings (SSSR count). The smallest absolute Gasteiger partial charge is 0.120 e. The van der Waals surface area contributed by atoms with Gasteiger partial charge in [0.05, 0.1) is 0 Å². The number of hydrogen-bond donors (Lipinski definition) is 1. The second kappa shape index (κ2) is 5.93. The van der Waals surface area contributed by atoms with Crippen LogP contribution in [0.2, 0.25) is 0 Å². The largest absolute Gasteiger partial charge is 0.488 e. The molecule has 1 N–H and O–H groups in total. The minimum Gasteiger partial charge on any atom is -0.488 e. The normalized spacial score (nSPS) is 12.8. The Morgan fingerprint density at radius 1 is 1.11 bits per heavy atom. The number of ether oxygens (including phenoxy) is 1. The SMILES string of the molecule is CC(C)C(O)C#Cc1ccc(OC(C)(C)C)cc1. The van der Waals surface area contributed by atoms with Crippen molar-refractivity contribution in [2.45, 2.75) is 46.3 Å². The third kappa shape index (κ3) is 5.25. The van der Waals surface area contributed by atoms with Crippen LogP contribution in [0.25, 0.3) is 0 Å². The summed E-state index contributed by atoms with van der Waals surface area (Å²) in [6, 6.07) is 7.61. The molecule has 98 valence electrons. The molecule has 0 heterocycles. The fourth-order valence-electron chi connectivity index (χ4n) is 1.28. The van der Waals surface area contributed by atoms with E-state index in [0.29, 0.717) is 0 Å². The molecule has 18 heavy (non-hydrogen) atoms. The molecular weight excluding hydrogens is 224 g/mol. The first-order valence-corrected chi connectivity index (χ1v) is 6.26. The second-order valence-electron chi connectivity index (χ2n) is 5.70. The molecule has 0 amide bonds. The summed E-state index contributed by atoms with van der Waals surface area (Å²) in [6.07, 6.45) is -0.574. The van der Waals surface area contributed by atoms with E-state index in [2.05, 4.69) is 11.8 Å². The van der Waals surface area contributed by atoms with Crippen molar-refractivity contribution in [2.24, 2.45) is 5.92 Å². The highest BCUT2D eigenvalue weighted by atomic mass is 16.5. The number of aliphatic hydroxyl groups excluding tert-OH is 1. The zero-order valence-corrected chi connectivity index (χ0v) is 11.8. The Morgan fingerprint density at radius 3 is 2.11 bits per heavy atom. The Hall–Kier alpha value is -1.46. The molecule has 0 radical (unpaired) electrons. The van der Waals surface area contributed by atoms with E-state index >= 15 is 0 Å². The van der Waals surface area contributed by atoms with Crippen molar-refractivity contribution in [2.75, 3.05) is 0 Å². The molecule has 0 saturated heterocycles. The summed E-state index contributed by atoms with van der Waals surface area (Å²) in [5, 5.41) is 9.60. The number of benzene rings is 1. The van der Waals surface area contributed by atoms with E-state index in [1.54, 1.807) is 0 Å². The Balaban J connectivity index is 2.72. The Morgan fingerprint density at radius 2 is 1.67 bits per heavy atom. The van der Waals surface area contributed by atoms with E-state index in [4.69, 9.17) is 4.74 Å². The van der Waals surface area contributed by atoms with E-state index in [1.165, 1.54) is 0 Å². The van der Waals surface area contributed by atoms with Gasteiger partial charge in [-0.3, -0.25) is 0 Å². The van der Waals surface area contributed by atoms with Gasteiger partial charge in [0.25, 0.3) is 0 Å². The van der Waals surface area contributed by atoms with E-state index in [0.717, 1.165) is 11.3 Å². The van der Waals surface area contributed by atoms with Crippen LogP contribution >= 0.6 is 0 Å². The highest BCUT2D eigenvalue weighted by Crippen LogP contribution is 2.18. The van der Waals surface area contributed by atoms with E-state index in [1.807, 2.05) is 58.9 Å². The molecule has 0 bridgehead atoms. The fraction of sp³-hybridized carbons (Fsp3) is 0.500. The van der Waals surface area contributed by atoms with Gasteiger partial charge in [-0.2, -0.15) is 0 Å². The van der Waals surface area contributed by atoms with Gasteiger partial charge in [-0.05, 0) is 51.0 Å². The van der Waals surface area contributed by atoms with Crippen LogP contribution in [0, 0.1) is 17.8 Å². The molecule has 1 aromatic carbocycles. The highest BCUT2D eigenvalue weighted by molar-refractivity contribution is 5.39. The quantitative estimate of drug-likeness (QED) is 0.812. The van der Waals surface area contributed by atoms with Crippen LogP contribution in [0.4, 0.5) is 0 Å². The van der Waals surface area contributed by atoms with Crippen molar-refractivity contribution < 1.29 is 9.84 Å². The molecule has 1 unspecified atom stereocenters. The Bertz CT molecular complexity index is 427. The lowest BCUT2D eigenvalue weighted by Gasteiger charge is -2.21. The zero-order valence-electron chi connectivity index (χ0n) is 11.8. The van der Waals surface area contributed by atoms with E-state index < -0.39 is 6.10 Å². The molecule has 1 atom stereocenters. The maximum Gasteiger partial charge on any atom is 0.120 e. The number of aliphatic hydroxyl groups is 1. The van der Waals surface area contributed by atoms with Gasteiger partial charge in [-0.25, -0.2) is 0 Å². The highest BCUT2D eigenvalue weighted by Gasteiger charge is 2.11. The minimum absolute atomic E-state index is 0.154. The molecule has 1 aromatic rings. The summed E-state index contributed by atoms with van der Waals surface area (Å²) in [6.45, 7) is 9.93. The van der Waals surface area contributed by atoms with Gasteiger partial charge in [0.15, 0.2) is 0 Å². The van der Waals surface area contributed by atoms with Gasteiger partial charge in [-0.1, -0.05) is 25.7 Å². The Kier molecular flexibility index (Phi) is 4.81. The minimum atomic E-state index is -0.574. The molecule has 2 nitrogen and oxygen atoms in total. The monoisotopic (exact) mass is 246 g/mol. The van der Waals surface area contributed by atoms with Gasteiger partial charge >= 0.3 is 0 Å². The first kappa shape index (κ1) is 14.6. The predicted molar refractivity (Wildman–Crippen MR) is 74.5 cm³/mol. The molecule has 0 fully saturated rings. The summed E-state index contributed by atoms with van der Waals surface area (Å²) < 4.78 is 5.72. The third-order valence-electron chi connectivity index (χ3n) is 2.27. The number of hydrogen-bond acceptors (Lipinski definition) is 2. The van der Waals surface area contributed by atoms with E-state index in [-0.39, 0.29) is 11.5 Å². The molecule has 0 aliphatic carbocycles. The van der Waals surface area contributed by atoms with Crippen molar-refractivity contribution in [3.05, 3.63) is 29.8 Å². The van der Waals surface area contributed by atoms with Crippen LogP contribution < -0.4 is 4.74 Å². The van der Waals surface area contributed by atoms with Gasteiger partial charge in [0.2, 0.25) is 0 Å². The van der Waals surface area contributed by atoms with Crippen molar-refractivity contribution in [3.8, 4) is 17.6 Å². The summed E-state index contributed by atoms with van der Waals surface area (Å²) in [7, 11) is 0. The molecular formula is C16H22O2. The van der Waals surface area contributed by atoms with Crippen molar-refractivity contribution >= 4 is 0 Å². The third-order valence-corrected chi connectivity index (χ3v) is 2.27. The average molecular weight is 246 g/mol. The molecule has 0 saturated carbocycles. The van der Waals surface area contributed by atoms with Gasteiger partial charge in [0, 0.05) is 5.56 Å². The van der Waals surface area contributed by atoms with Crippen LogP contribution in [0.1, 0.15) is 40.2 Å². The van der Waals surface area contributed by atoms with Crippen molar-refractivity contribution in [1.82, 2.24) is 0 Å².